The van der Waals surface area contributed by atoms with E-state index in [1.54, 1.807) is 6.07 Å². The molecule has 0 amide bonds. The molecule has 168 valence electrons. The van der Waals surface area contributed by atoms with Gasteiger partial charge in [-0.3, -0.25) is 0 Å². The van der Waals surface area contributed by atoms with Gasteiger partial charge in [-0.1, -0.05) is 51.0 Å². The van der Waals surface area contributed by atoms with Gasteiger partial charge in [-0.25, -0.2) is 4.39 Å². The molecule has 2 saturated carbocycles. The Morgan fingerprint density at radius 2 is 1.45 bits per heavy atom. The van der Waals surface area contributed by atoms with Gasteiger partial charge in [0.05, 0.1) is 6.61 Å². The molecule has 4 unspecified atom stereocenters. The molecule has 2 fully saturated rings. The molecule has 0 N–H and O–H groups in total. The molecule has 0 saturated heterocycles. The maximum Gasteiger partial charge on any atom is 0.201 e. The van der Waals surface area contributed by atoms with Crippen molar-refractivity contribution in [3.05, 3.63) is 53.6 Å². The SMILES string of the molecule is CCCOc1ccc(-c2ccc(CCC3CCC4C(CCC)CCC34)cc2)c(F)c1F. The first-order valence-corrected chi connectivity index (χ1v) is 12.3. The monoisotopic (exact) mass is 426 g/mol. The van der Waals surface area contributed by atoms with Crippen LogP contribution in [0.15, 0.2) is 36.4 Å². The van der Waals surface area contributed by atoms with E-state index in [9.17, 15) is 8.78 Å². The van der Waals surface area contributed by atoms with E-state index in [4.69, 9.17) is 4.74 Å². The average Bonchev–Trinajstić information content (AvgIpc) is 3.37. The Hall–Kier alpha value is -1.90. The van der Waals surface area contributed by atoms with E-state index in [1.165, 1.54) is 56.6 Å². The van der Waals surface area contributed by atoms with Crippen LogP contribution in [0.3, 0.4) is 0 Å². The molecule has 2 aliphatic rings. The van der Waals surface area contributed by atoms with Gasteiger partial charge in [-0.15, -0.1) is 0 Å². The number of fused-ring (bicyclic) bond motifs is 1. The lowest BCUT2D eigenvalue weighted by Crippen LogP contribution is -2.13. The molecule has 1 nitrogen and oxygen atoms in total. The summed E-state index contributed by atoms with van der Waals surface area (Å²) >= 11 is 0. The molecule has 2 aromatic rings. The van der Waals surface area contributed by atoms with Crippen LogP contribution in [-0.2, 0) is 6.42 Å². The highest BCUT2D eigenvalue weighted by atomic mass is 19.2. The third-order valence-corrected chi connectivity index (χ3v) is 7.74. The summed E-state index contributed by atoms with van der Waals surface area (Å²) in [4.78, 5) is 0. The van der Waals surface area contributed by atoms with Crippen LogP contribution in [0.2, 0.25) is 0 Å². The molecular formula is C28H36F2O. The summed E-state index contributed by atoms with van der Waals surface area (Å²) < 4.78 is 34.2. The largest absolute Gasteiger partial charge is 0.490 e. The quantitative estimate of drug-likeness (QED) is 0.392. The van der Waals surface area contributed by atoms with Crippen molar-refractivity contribution in [2.75, 3.05) is 6.61 Å². The first-order chi connectivity index (χ1) is 15.1. The number of benzene rings is 2. The van der Waals surface area contributed by atoms with Gasteiger partial charge < -0.3 is 4.74 Å². The lowest BCUT2D eigenvalue weighted by atomic mass is 9.85. The fraction of sp³-hybridized carbons (Fsp3) is 0.571. The molecule has 0 spiro atoms. The molecule has 2 aliphatic carbocycles. The summed E-state index contributed by atoms with van der Waals surface area (Å²) in [6.07, 6.45) is 11.5. The van der Waals surface area contributed by atoms with Gasteiger partial charge in [0, 0.05) is 5.56 Å². The van der Waals surface area contributed by atoms with E-state index in [1.807, 2.05) is 19.1 Å². The Labute approximate surface area is 186 Å². The van der Waals surface area contributed by atoms with E-state index >= 15 is 0 Å². The molecule has 2 aromatic carbocycles. The topological polar surface area (TPSA) is 9.23 Å². The van der Waals surface area contributed by atoms with Crippen LogP contribution in [-0.4, -0.2) is 6.61 Å². The zero-order chi connectivity index (χ0) is 21.8. The molecule has 4 atom stereocenters. The third-order valence-electron chi connectivity index (χ3n) is 7.74. The van der Waals surface area contributed by atoms with Crippen LogP contribution in [0.25, 0.3) is 11.1 Å². The van der Waals surface area contributed by atoms with Crippen molar-refractivity contribution in [3.63, 3.8) is 0 Å². The first-order valence-electron chi connectivity index (χ1n) is 12.3. The second-order valence-electron chi connectivity index (χ2n) is 9.61. The summed E-state index contributed by atoms with van der Waals surface area (Å²) in [5.74, 6) is 2.03. The maximum absolute atomic E-state index is 14.6. The minimum absolute atomic E-state index is 0.0114. The lowest BCUT2D eigenvalue weighted by molar-refractivity contribution is 0.294. The van der Waals surface area contributed by atoms with Gasteiger partial charge in [0.15, 0.2) is 11.6 Å². The summed E-state index contributed by atoms with van der Waals surface area (Å²) in [7, 11) is 0. The van der Waals surface area contributed by atoms with Gasteiger partial charge in [-0.2, -0.15) is 4.39 Å². The highest BCUT2D eigenvalue weighted by molar-refractivity contribution is 5.65. The highest BCUT2D eigenvalue weighted by Gasteiger charge is 2.43. The van der Waals surface area contributed by atoms with Crippen LogP contribution in [0, 0.1) is 35.3 Å². The Bertz CT molecular complexity index is 860. The van der Waals surface area contributed by atoms with E-state index in [0.717, 1.165) is 36.5 Å². The number of halogens is 2. The Balaban J connectivity index is 1.37. The highest BCUT2D eigenvalue weighted by Crippen LogP contribution is 2.53. The number of rotatable bonds is 9. The smallest absolute Gasteiger partial charge is 0.201 e. The van der Waals surface area contributed by atoms with E-state index in [-0.39, 0.29) is 5.75 Å². The van der Waals surface area contributed by atoms with Crippen LogP contribution < -0.4 is 4.74 Å². The fourth-order valence-corrected chi connectivity index (χ4v) is 6.21. The summed E-state index contributed by atoms with van der Waals surface area (Å²) in [5, 5.41) is 0. The van der Waals surface area contributed by atoms with Gasteiger partial charge in [-0.05, 0) is 91.9 Å². The molecule has 0 bridgehead atoms. The van der Waals surface area contributed by atoms with E-state index < -0.39 is 11.6 Å². The predicted molar refractivity (Wildman–Crippen MR) is 123 cm³/mol. The zero-order valence-electron chi connectivity index (χ0n) is 19.0. The molecule has 31 heavy (non-hydrogen) atoms. The number of aryl methyl sites for hydroxylation is 1. The summed E-state index contributed by atoms with van der Waals surface area (Å²) in [6, 6.07) is 11.1. The van der Waals surface area contributed by atoms with Gasteiger partial charge >= 0.3 is 0 Å². The second kappa shape index (κ2) is 10.1. The minimum atomic E-state index is -0.899. The Morgan fingerprint density at radius 1 is 0.774 bits per heavy atom. The van der Waals surface area contributed by atoms with Crippen molar-refractivity contribution in [1.82, 2.24) is 0 Å². The van der Waals surface area contributed by atoms with Gasteiger partial charge in [0.1, 0.15) is 0 Å². The van der Waals surface area contributed by atoms with Crippen molar-refractivity contribution in [2.24, 2.45) is 23.7 Å². The van der Waals surface area contributed by atoms with Gasteiger partial charge in [0.25, 0.3) is 0 Å². The van der Waals surface area contributed by atoms with Crippen LogP contribution in [0.1, 0.15) is 70.8 Å². The van der Waals surface area contributed by atoms with Crippen molar-refractivity contribution < 1.29 is 13.5 Å². The average molecular weight is 427 g/mol. The van der Waals surface area contributed by atoms with Crippen molar-refractivity contribution in [2.45, 2.75) is 71.6 Å². The van der Waals surface area contributed by atoms with Crippen LogP contribution in [0.5, 0.6) is 5.75 Å². The standard InChI is InChI=1S/C28H36F2O/c1-3-5-20-12-14-24-21(13-15-23(20)24)9-6-19-7-10-22(11-8-19)25-16-17-26(31-18-4-2)28(30)27(25)29/h7-8,10-11,16-17,20-21,23-24H,3-6,9,12-15,18H2,1-2H3. The molecular weight excluding hydrogens is 390 g/mol. The summed E-state index contributed by atoms with van der Waals surface area (Å²) in [5.41, 5.74) is 2.29. The third kappa shape index (κ3) is 4.81. The zero-order valence-corrected chi connectivity index (χ0v) is 19.0. The van der Waals surface area contributed by atoms with Crippen LogP contribution >= 0.6 is 0 Å². The van der Waals surface area contributed by atoms with E-state index in [0.29, 0.717) is 17.7 Å². The lowest BCUT2D eigenvalue weighted by Gasteiger charge is -2.20. The van der Waals surface area contributed by atoms with Gasteiger partial charge in [0.2, 0.25) is 5.82 Å². The Kier molecular flexibility index (Phi) is 7.30. The molecule has 0 radical (unpaired) electrons. The molecule has 4 rings (SSSR count). The molecule has 0 heterocycles. The second-order valence-corrected chi connectivity index (χ2v) is 9.61. The Morgan fingerprint density at radius 3 is 2.10 bits per heavy atom. The number of hydrogen-bond donors (Lipinski definition) is 0. The van der Waals surface area contributed by atoms with Crippen molar-refractivity contribution in [1.29, 1.82) is 0 Å². The molecule has 0 aliphatic heterocycles. The maximum atomic E-state index is 14.6. The summed E-state index contributed by atoms with van der Waals surface area (Å²) in [6.45, 7) is 4.64. The van der Waals surface area contributed by atoms with Crippen molar-refractivity contribution in [3.8, 4) is 16.9 Å². The number of ether oxygens (including phenoxy) is 1. The van der Waals surface area contributed by atoms with Crippen LogP contribution in [0.4, 0.5) is 8.78 Å². The number of hydrogen-bond acceptors (Lipinski definition) is 1. The fourth-order valence-electron chi connectivity index (χ4n) is 6.21. The van der Waals surface area contributed by atoms with Crippen molar-refractivity contribution >= 4 is 0 Å². The molecule has 3 heteroatoms. The first kappa shape index (κ1) is 22.3. The molecule has 0 aromatic heterocycles. The normalized spacial score (nSPS) is 25.0. The van der Waals surface area contributed by atoms with E-state index in [2.05, 4.69) is 19.1 Å². The predicted octanol–water partition coefficient (Wildman–Crippen LogP) is 8.21. The minimum Gasteiger partial charge on any atom is -0.490 e.